The standard InChI is InChI=1S/C12H26N2O2S/c1-11(2)13-8-4-6-12-7-5-9-14(10-12)17(3,15)16/h11-13H,4-10H2,1-3H3. The number of hydrogen-bond donors (Lipinski definition) is 1. The Kier molecular flexibility index (Phi) is 5.89. The normalized spacial score (nSPS) is 23.2. The average Bonchev–Trinajstić information content (AvgIpc) is 2.23. The lowest BCUT2D eigenvalue weighted by Crippen LogP contribution is -2.39. The van der Waals surface area contributed by atoms with E-state index in [2.05, 4.69) is 19.2 Å². The Morgan fingerprint density at radius 3 is 2.71 bits per heavy atom. The molecule has 1 aliphatic rings. The molecule has 0 amide bonds. The van der Waals surface area contributed by atoms with Crippen molar-refractivity contribution in [1.82, 2.24) is 9.62 Å². The van der Waals surface area contributed by atoms with E-state index < -0.39 is 10.0 Å². The zero-order valence-electron chi connectivity index (χ0n) is 11.3. The highest BCUT2D eigenvalue weighted by Gasteiger charge is 2.25. The molecule has 1 heterocycles. The van der Waals surface area contributed by atoms with Gasteiger partial charge in [0.25, 0.3) is 0 Å². The van der Waals surface area contributed by atoms with E-state index in [4.69, 9.17) is 0 Å². The van der Waals surface area contributed by atoms with Crippen LogP contribution >= 0.6 is 0 Å². The lowest BCUT2D eigenvalue weighted by molar-refractivity contribution is 0.253. The number of sulfonamides is 1. The maximum Gasteiger partial charge on any atom is 0.211 e. The Hall–Kier alpha value is -0.130. The third kappa shape index (κ3) is 5.84. The SMILES string of the molecule is CC(C)NCCCC1CCCN(S(C)(=O)=O)C1. The van der Waals surface area contributed by atoms with Crippen molar-refractivity contribution < 1.29 is 8.42 Å². The fraction of sp³-hybridized carbons (Fsp3) is 1.00. The number of rotatable bonds is 6. The van der Waals surface area contributed by atoms with Gasteiger partial charge in [0, 0.05) is 19.1 Å². The van der Waals surface area contributed by atoms with Gasteiger partial charge in [0.15, 0.2) is 0 Å². The van der Waals surface area contributed by atoms with Gasteiger partial charge in [0.2, 0.25) is 10.0 Å². The first-order valence-corrected chi connectivity index (χ1v) is 8.43. The van der Waals surface area contributed by atoms with Gasteiger partial charge < -0.3 is 5.32 Å². The fourth-order valence-corrected chi connectivity index (χ4v) is 3.29. The van der Waals surface area contributed by atoms with E-state index in [1.54, 1.807) is 4.31 Å². The van der Waals surface area contributed by atoms with E-state index in [1.807, 2.05) is 0 Å². The minimum absolute atomic E-state index is 0.536. The Balaban J connectivity index is 2.26. The summed E-state index contributed by atoms with van der Waals surface area (Å²) in [6.07, 6.45) is 5.77. The molecular formula is C12H26N2O2S. The molecular weight excluding hydrogens is 236 g/mol. The highest BCUT2D eigenvalue weighted by molar-refractivity contribution is 7.88. The van der Waals surface area contributed by atoms with E-state index >= 15 is 0 Å². The smallest absolute Gasteiger partial charge is 0.211 e. The van der Waals surface area contributed by atoms with Crippen molar-refractivity contribution in [2.24, 2.45) is 5.92 Å². The molecule has 1 aliphatic heterocycles. The fourth-order valence-electron chi connectivity index (χ4n) is 2.35. The minimum atomic E-state index is -2.99. The number of nitrogens with one attached hydrogen (secondary N) is 1. The lowest BCUT2D eigenvalue weighted by Gasteiger charge is -2.31. The Bertz CT molecular complexity index is 314. The van der Waals surface area contributed by atoms with Crippen molar-refractivity contribution in [3.8, 4) is 0 Å². The van der Waals surface area contributed by atoms with E-state index in [0.717, 1.165) is 32.4 Å². The van der Waals surface area contributed by atoms with Gasteiger partial charge in [-0.15, -0.1) is 0 Å². The molecule has 4 nitrogen and oxygen atoms in total. The summed E-state index contributed by atoms with van der Waals surface area (Å²) in [6.45, 7) is 6.76. The Morgan fingerprint density at radius 2 is 2.12 bits per heavy atom. The molecule has 0 aromatic heterocycles. The van der Waals surface area contributed by atoms with Gasteiger partial charge >= 0.3 is 0 Å². The van der Waals surface area contributed by atoms with Crippen LogP contribution in [0.3, 0.4) is 0 Å². The van der Waals surface area contributed by atoms with Crippen LogP contribution in [0.2, 0.25) is 0 Å². The highest BCUT2D eigenvalue weighted by atomic mass is 32.2. The molecule has 102 valence electrons. The molecule has 0 saturated carbocycles. The van der Waals surface area contributed by atoms with Gasteiger partial charge in [-0.1, -0.05) is 13.8 Å². The first-order valence-electron chi connectivity index (χ1n) is 6.58. The summed E-state index contributed by atoms with van der Waals surface area (Å²) in [5.41, 5.74) is 0. The molecule has 1 rings (SSSR count). The Labute approximate surface area is 106 Å². The molecule has 5 heteroatoms. The third-order valence-electron chi connectivity index (χ3n) is 3.29. The van der Waals surface area contributed by atoms with Gasteiger partial charge in [-0.05, 0) is 38.1 Å². The first kappa shape index (κ1) is 14.9. The Morgan fingerprint density at radius 1 is 1.41 bits per heavy atom. The largest absolute Gasteiger partial charge is 0.315 e. The van der Waals surface area contributed by atoms with Crippen LogP contribution in [-0.4, -0.2) is 44.7 Å². The molecule has 1 unspecified atom stereocenters. The summed E-state index contributed by atoms with van der Waals surface area (Å²) in [5.74, 6) is 0.549. The van der Waals surface area contributed by atoms with Crippen molar-refractivity contribution in [2.45, 2.75) is 45.6 Å². The summed E-state index contributed by atoms with van der Waals surface area (Å²) in [6, 6.07) is 0.536. The van der Waals surface area contributed by atoms with Gasteiger partial charge in [0.1, 0.15) is 0 Å². The molecule has 0 aromatic rings. The molecule has 0 radical (unpaired) electrons. The molecule has 17 heavy (non-hydrogen) atoms. The van der Waals surface area contributed by atoms with E-state index in [1.165, 1.54) is 12.7 Å². The van der Waals surface area contributed by atoms with Crippen LogP contribution in [0.4, 0.5) is 0 Å². The monoisotopic (exact) mass is 262 g/mol. The maximum atomic E-state index is 11.5. The second kappa shape index (κ2) is 6.71. The van der Waals surface area contributed by atoms with Crippen molar-refractivity contribution >= 4 is 10.0 Å². The van der Waals surface area contributed by atoms with Crippen LogP contribution in [0, 0.1) is 5.92 Å². The summed E-state index contributed by atoms with van der Waals surface area (Å²) in [7, 11) is -2.99. The van der Waals surface area contributed by atoms with Crippen LogP contribution in [0.5, 0.6) is 0 Å². The predicted molar refractivity (Wildman–Crippen MR) is 71.5 cm³/mol. The molecule has 0 aromatic carbocycles. The summed E-state index contributed by atoms with van der Waals surface area (Å²) in [4.78, 5) is 0. The molecule has 1 atom stereocenters. The van der Waals surface area contributed by atoms with Crippen LogP contribution in [0.25, 0.3) is 0 Å². The van der Waals surface area contributed by atoms with Gasteiger partial charge in [0.05, 0.1) is 6.26 Å². The van der Waals surface area contributed by atoms with Gasteiger partial charge in [-0.2, -0.15) is 0 Å². The third-order valence-corrected chi connectivity index (χ3v) is 4.56. The van der Waals surface area contributed by atoms with Crippen LogP contribution in [-0.2, 0) is 10.0 Å². The second-order valence-corrected chi connectivity index (χ2v) is 7.36. The maximum absolute atomic E-state index is 11.5. The van der Waals surface area contributed by atoms with Crippen molar-refractivity contribution in [3.05, 3.63) is 0 Å². The minimum Gasteiger partial charge on any atom is -0.315 e. The van der Waals surface area contributed by atoms with Crippen LogP contribution < -0.4 is 5.32 Å². The van der Waals surface area contributed by atoms with Crippen molar-refractivity contribution in [2.75, 3.05) is 25.9 Å². The molecule has 1 fully saturated rings. The summed E-state index contributed by atoms with van der Waals surface area (Å²) >= 11 is 0. The second-order valence-electron chi connectivity index (χ2n) is 5.38. The van der Waals surface area contributed by atoms with E-state index in [9.17, 15) is 8.42 Å². The van der Waals surface area contributed by atoms with E-state index in [0.29, 0.717) is 18.5 Å². The van der Waals surface area contributed by atoms with Crippen molar-refractivity contribution in [1.29, 1.82) is 0 Å². The molecule has 1 N–H and O–H groups in total. The van der Waals surface area contributed by atoms with E-state index in [-0.39, 0.29) is 0 Å². The molecule has 0 spiro atoms. The average molecular weight is 262 g/mol. The number of hydrogen-bond acceptors (Lipinski definition) is 3. The molecule has 1 saturated heterocycles. The van der Waals surface area contributed by atoms with Crippen LogP contribution in [0.1, 0.15) is 39.5 Å². The van der Waals surface area contributed by atoms with Crippen LogP contribution in [0.15, 0.2) is 0 Å². The van der Waals surface area contributed by atoms with Gasteiger partial charge in [-0.3, -0.25) is 0 Å². The van der Waals surface area contributed by atoms with Gasteiger partial charge in [-0.25, -0.2) is 12.7 Å². The highest BCUT2D eigenvalue weighted by Crippen LogP contribution is 2.22. The number of piperidine rings is 1. The first-order chi connectivity index (χ1) is 7.89. The van der Waals surface area contributed by atoms with Crippen molar-refractivity contribution in [3.63, 3.8) is 0 Å². The lowest BCUT2D eigenvalue weighted by atomic mass is 9.95. The predicted octanol–water partition coefficient (Wildman–Crippen LogP) is 1.44. The molecule has 0 bridgehead atoms. The zero-order valence-corrected chi connectivity index (χ0v) is 12.1. The zero-order chi connectivity index (χ0) is 12.9. The molecule has 0 aliphatic carbocycles. The quantitative estimate of drug-likeness (QED) is 0.737. The number of nitrogens with zero attached hydrogens (tertiary/aromatic N) is 1. The topological polar surface area (TPSA) is 49.4 Å². The summed E-state index contributed by atoms with van der Waals surface area (Å²) < 4.78 is 24.6. The summed E-state index contributed by atoms with van der Waals surface area (Å²) in [5, 5.41) is 3.39.